The normalized spacial score (nSPS) is 19.2. The Labute approximate surface area is 121 Å². The van der Waals surface area contributed by atoms with Crippen molar-refractivity contribution in [2.75, 3.05) is 24.6 Å². The zero-order valence-electron chi connectivity index (χ0n) is 11.4. The predicted molar refractivity (Wildman–Crippen MR) is 79.0 cm³/mol. The molecule has 6 heteroatoms. The van der Waals surface area contributed by atoms with Gasteiger partial charge in [-0.3, -0.25) is 4.79 Å². The van der Waals surface area contributed by atoms with Crippen LogP contribution in [0.15, 0.2) is 17.8 Å². The van der Waals surface area contributed by atoms with E-state index in [0.29, 0.717) is 13.2 Å². The fraction of sp³-hybridized carbons (Fsp3) is 0.500. The molecule has 0 saturated carbocycles. The minimum atomic E-state index is -0.0900. The van der Waals surface area contributed by atoms with Gasteiger partial charge in [0.2, 0.25) is 0 Å². The Morgan fingerprint density at radius 1 is 1.55 bits per heavy atom. The molecule has 1 fully saturated rings. The van der Waals surface area contributed by atoms with Crippen molar-refractivity contribution in [1.29, 1.82) is 0 Å². The van der Waals surface area contributed by atoms with Crippen molar-refractivity contribution in [3.05, 3.63) is 17.8 Å². The number of hydrogen-bond acceptors (Lipinski definition) is 6. The number of hydrogen-bond donors (Lipinski definition) is 0. The maximum absolute atomic E-state index is 11.9. The van der Waals surface area contributed by atoms with Crippen LogP contribution < -0.4 is 4.90 Å². The summed E-state index contributed by atoms with van der Waals surface area (Å²) in [6.07, 6.45) is 3.48. The van der Waals surface area contributed by atoms with Crippen LogP contribution in [0.2, 0.25) is 0 Å². The van der Waals surface area contributed by atoms with E-state index < -0.39 is 0 Å². The van der Waals surface area contributed by atoms with E-state index in [0.717, 1.165) is 35.4 Å². The van der Waals surface area contributed by atoms with Gasteiger partial charge in [-0.2, -0.15) is 0 Å². The lowest BCUT2D eigenvalue weighted by Crippen LogP contribution is -2.39. The molecule has 3 rings (SSSR count). The quantitative estimate of drug-likeness (QED) is 0.813. The predicted octanol–water partition coefficient (Wildman–Crippen LogP) is 2.47. The Kier molecular flexibility index (Phi) is 3.82. The molecule has 2 aromatic rings. The molecule has 0 unspecified atom stereocenters. The molecule has 1 aliphatic heterocycles. The monoisotopic (exact) mass is 291 g/mol. The maximum atomic E-state index is 11.9. The first-order valence-electron chi connectivity index (χ1n) is 6.89. The first kappa shape index (κ1) is 13.3. The molecule has 2 aromatic heterocycles. The van der Waals surface area contributed by atoms with Crippen molar-refractivity contribution in [1.82, 2.24) is 9.97 Å². The van der Waals surface area contributed by atoms with Crippen LogP contribution in [0.1, 0.15) is 19.8 Å². The maximum Gasteiger partial charge on any atom is 0.310 e. The summed E-state index contributed by atoms with van der Waals surface area (Å²) in [5.41, 5.74) is 0. The molecular formula is C14H17N3O2S. The standard InChI is InChI=1S/C14H17N3O2S/c1-2-19-14(18)10-4-3-6-17(8-10)12-11-5-7-20-13(11)16-9-15-12/h5,7,9-10H,2-4,6,8H2,1H3/t10-/m0/s1. The molecule has 0 radical (unpaired) electrons. The molecule has 20 heavy (non-hydrogen) atoms. The number of thiophene rings is 1. The summed E-state index contributed by atoms with van der Waals surface area (Å²) >= 11 is 1.61. The number of rotatable bonds is 3. The van der Waals surface area contributed by atoms with Crippen LogP contribution in [0.3, 0.4) is 0 Å². The zero-order valence-corrected chi connectivity index (χ0v) is 12.2. The highest BCUT2D eigenvalue weighted by Crippen LogP contribution is 2.30. The summed E-state index contributed by atoms with van der Waals surface area (Å²) in [5, 5.41) is 3.09. The highest BCUT2D eigenvalue weighted by atomic mass is 32.1. The van der Waals surface area contributed by atoms with Gasteiger partial charge in [0.25, 0.3) is 0 Å². The van der Waals surface area contributed by atoms with E-state index in [1.807, 2.05) is 18.4 Å². The molecular weight excluding hydrogens is 274 g/mol. The molecule has 0 aromatic carbocycles. The molecule has 3 heterocycles. The van der Waals surface area contributed by atoms with Crippen LogP contribution in [0.5, 0.6) is 0 Å². The van der Waals surface area contributed by atoms with Gasteiger partial charge in [-0.25, -0.2) is 9.97 Å². The highest BCUT2D eigenvalue weighted by Gasteiger charge is 2.28. The second-order valence-corrected chi connectivity index (χ2v) is 5.77. The van der Waals surface area contributed by atoms with Gasteiger partial charge < -0.3 is 9.64 Å². The Balaban J connectivity index is 1.83. The van der Waals surface area contributed by atoms with Crippen molar-refractivity contribution in [3.8, 4) is 0 Å². The first-order chi connectivity index (χ1) is 9.79. The van der Waals surface area contributed by atoms with Crippen molar-refractivity contribution in [2.45, 2.75) is 19.8 Å². The zero-order chi connectivity index (χ0) is 13.9. The van der Waals surface area contributed by atoms with Gasteiger partial charge in [0.05, 0.1) is 17.9 Å². The van der Waals surface area contributed by atoms with Crippen molar-refractivity contribution >= 4 is 33.3 Å². The number of ether oxygens (including phenoxy) is 1. The van der Waals surface area contributed by atoms with E-state index in [2.05, 4.69) is 14.9 Å². The number of aromatic nitrogens is 2. The molecule has 0 bridgehead atoms. The first-order valence-corrected chi connectivity index (χ1v) is 7.77. The molecule has 0 aliphatic carbocycles. The number of piperidine rings is 1. The van der Waals surface area contributed by atoms with E-state index in [1.165, 1.54) is 0 Å². The Bertz CT molecular complexity index is 613. The van der Waals surface area contributed by atoms with Crippen LogP contribution in [0, 0.1) is 5.92 Å². The van der Waals surface area contributed by atoms with E-state index in [1.54, 1.807) is 17.7 Å². The van der Waals surface area contributed by atoms with Crippen molar-refractivity contribution < 1.29 is 9.53 Å². The van der Waals surface area contributed by atoms with Gasteiger partial charge in [0.15, 0.2) is 0 Å². The van der Waals surface area contributed by atoms with Gasteiger partial charge >= 0.3 is 5.97 Å². The van der Waals surface area contributed by atoms with E-state index in [9.17, 15) is 4.79 Å². The topological polar surface area (TPSA) is 55.3 Å². The SMILES string of the molecule is CCOC(=O)[C@H]1CCCN(c2ncnc3sccc23)C1. The third kappa shape index (κ3) is 2.47. The largest absolute Gasteiger partial charge is 0.466 e. The Hall–Kier alpha value is -1.69. The summed E-state index contributed by atoms with van der Waals surface area (Å²) < 4.78 is 5.14. The van der Waals surface area contributed by atoms with E-state index >= 15 is 0 Å². The molecule has 5 nitrogen and oxygen atoms in total. The number of esters is 1. The summed E-state index contributed by atoms with van der Waals surface area (Å²) in [7, 11) is 0. The van der Waals surface area contributed by atoms with Crippen molar-refractivity contribution in [3.63, 3.8) is 0 Å². The summed E-state index contributed by atoms with van der Waals surface area (Å²) in [6, 6.07) is 2.04. The van der Waals surface area contributed by atoms with Crippen LogP contribution in [0.25, 0.3) is 10.2 Å². The smallest absolute Gasteiger partial charge is 0.310 e. The minimum absolute atomic E-state index is 0.0487. The molecule has 1 aliphatic rings. The molecule has 106 valence electrons. The van der Waals surface area contributed by atoms with Crippen LogP contribution in [0.4, 0.5) is 5.82 Å². The van der Waals surface area contributed by atoms with Gasteiger partial charge in [-0.05, 0) is 31.2 Å². The van der Waals surface area contributed by atoms with E-state index in [-0.39, 0.29) is 11.9 Å². The van der Waals surface area contributed by atoms with Gasteiger partial charge in [0, 0.05) is 13.1 Å². The number of carbonyl (C=O) groups excluding carboxylic acids is 1. The molecule has 0 spiro atoms. The minimum Gasteiger partial charge on any atom is -0.466 e. The van der Waals surface area contributed by atoms with Crippen LogP contribution in [-0.4, -0.2) is 35.6 Å². The number of anilines is 1. The lowest BCUT2D eigenvalue weighted by molar-refractivity contribution is -0.148. The summed E-state index contributed by atoms with van der Waals surface area (Å²) in [4.78, 5) is 23.8. The average molecular weight is 291 g/mol. The van der Waals surface area contributed by atoms with Crippen molar-refractivity contribution in [2.24, 2.45) is 5.92 Å². The average Bonchev–Trinajstić information content (AvgIpc) is 2.96. The Morgan fingerprint density at radius 2 is 2.45 bits per heavy atom. The summed E-state index contributed by atoms with van der Waals surface area (Å²) in [6.45, 7) is 3.90. The third-order valence-corrected chi connectivity index (χ3v) is 4.40. The van der Waals surface area contributed by atoms with Gasteiger partial charge in [-0.15, -0.1) is 11.3 Å². The lowest BCUT2D eigenvalue weighted by atomic mass is 9.98. The number of nitrogens with zero attached hydrogens (tertiary/aromatic N) is 3. The van der Waals surface area contributed by atoms with E-state index in [4.69, 9.17) is 4.74 Å². The fourth-order valence-corrected chi connectivity index (χ4v) is 3.38. The summed E-state index contributed by atoms with van der Waals surface area (Å²) in [5.74, 6) is 0.797. The molecule has 0 N–H and O–H groups in total. The number of carbonyl (C=O) groups is 1. The van der Waals surface area contributed by atoms with Crippen LogP contribution >= 0.6 is 11.3 Å². The van der Waals surface area contributed by atoms with Crippen LogP contribution in [-0.2, 0) is 9.53 Å². The molecule has 1 atom stereocenters. The third-order valence-electron chi connectivity index (χ3n) is 3.58. The van der Waals surface area contributed by atoms with Gasteiger partial charge in [-0.1, -0.05) is 0 Å². The fourth-order valence-electron chi connectivity index (χ4n) is 2.65. The second-order valence-electron chi connectivity index (χ2n) is 4.87. The molecule has 1 saturated heterocycles. The van der Waals surface area contributed by atoms with Gasteiger partial charge in [0.1, 0.15) is 17.0 Å². The second kappa shape index (κ2) is 5.75. The number of fused-ring (bicyclic) bond motifs is 1. The highest BCUT2D eigenvalue weighted by molar-refractivity contribution is 7.16. The Morgan fingerprint density at radius 3 is 3.30 bits per heavy atom. The lowest BCUT2D eigenvalue weighted by Gasteiger charge is -2.32. The molecule has 0 amide bonds.